The first-order valence-corrected chi connectivity index (χ1v) is 7.92. The summed E-state index contributed by atoms with van der Waals surface area (Å²) in [6.07, 6.45) is 0.320. The molecule has 84 valence electrons. The highest BCUT2D eigenvalue weighted by atomic mass is 28.4. The Balaban J connectivity index is 4.69. The zero-order chi connectivity index (χ0) is 11.4. The van der Waals surface area contributed by atoms with Crippen LogP contribution in [0.25, 0.3) is 0 Å². The summed E-state index contributed by atoms with van der Waals surface area (Å²) in [5.74, 6) is 0.695. The molecule has 1 nitrogen and oxygen atoms in total. The number of rotatable bonds is 6. The van der Waals surface area contributed by atoms with E-state index in [0.29, 0.717) is 17.6 Å². The van der Waals surface area contributed by atoms with Crippen molar-refractivity contribution in [1.29, 1.82) is 0 Å². The molecule has 0 aromatic rings. The second-order valence-electron chi connectivity index (χ2n) is 5.08. The zero-order valence-electron chi connectivity index (χ0n) is 10.6. The van der Waals surface area contributed by atoms with Crippen LogP contribution in [0.4, 0.5) is 0 Å². The van der Waals surface area contributed by atoms with Gasteiger partial charge in [-0.3, -0.25) is 0 Å². The highest BCUT2D eigenvalue weighted by Crippen LogP contribution is 2.31. The van der Waals surface area contributed by atoms with Crippen molar-refractivity contribution >= 4 is 8.32 Å². The molecule has 1 atom stereocenters. The Kier molecular flexibility index (Phi) is 5.68. The molecule has 0 N–H and O–H groups in total. The van der Waals surface area contributed by atoms with Gasteiger partial charge in [-0.05, 0) is 31.4 Å². The van der Waals surface area contributed by atoms with Gasteiger partial charge in [0, 0.05) is 6.10 Å². The largest absolute Gasteiger partial charge is 0.410 e. The van der Waals surface area contributed by atoms with Gasteiger partial charge in [0.25, 0.3) is 0 Å². The average Bonchev–Trinajstić information content (AvgIpc) is 2.00. The summed E-state index contributed by atoms with van der Waals surface area (Å²) in [6, 6.07) is 1.19. The Labute approximate surface area is 90.7 Å². The molecule has 0 aliphatic carbocycles. The Hall–Kier alpha value is -0.0831. The Morgan fingerprint density at radius 3 is 1.86 bits per heavy atom. The van der Waals surface area contributed by atoms with Crippen LogP contribution in [-0.4, -0.2) is 14.4 Å². The molecule has 0 aliphatic heterocycles. The fourth-order valence-electron chi connectivity index (χ4n) is 1.86. The summed E-state index contributed by atoms with van der Waals surface area (Å²) in [4.78, 5) is 0. The molecule has 0 aromatic carbocycles. The molecule has 14 heavy (non-hydrogen) atoms. The molecule has 0 aliphatic rings. The van der Waals surface area contributed by atoms with Crippen molar-refractivity contribution in [2.24, 2.45) is 5.92 Å². The van der Waals surface area contributed by atoms with Gasteiger partial charge in [-0.25, -0.2) is 0 Å². The van der Waals surface area contributed by atoms with Crippen LogP contribution in [0.2, 0.25) is 11.6 Å². The van der Waals surface area contributed by atoms with Crippen molar-refractivity contribution in [3.05, 3.63) is 12.3 Å². The maximum atomic E-state index is 6.18. The summed E-state index contributed by atoms with van der Waals surface area (Å²) >= 11 is 0. The van der Waals surface area contributed by atoms with Gasteiger partial charge in [0.05, 0.1) is 0 Å². The van der Waals surface area contributed by atoms with Gasteiger partial charge in [0.2, 0.25) is 8.32 Å². The summed E-state index contributed by atoms with van der Waals surface area (Å²) in [7, 11) is -1.71. The summed E-state index contributed by atoms with van der Waals surface area (Å²) in [6.45, 7) is 17.3. The van der Waals surface area contributed by atoms with Crippen LogP contribution in [0.5, 0.6) is 0 Å². The monoisotopic (exact) mass is 214 g/mol. The predicted molar refractivity (Wildman–Crippen MR) is 66.9 cm³/mol. The second-order valence-corrected chi connectivity index (χ2v) is 9.20. The lowest BCUT2D eigenvalue weighted by Gasteiger charge is -2.35. The minimum absolute atomic E-state index is 0.320. The van der Waals surface area contributed by atoms with E-state index < -0.39 is 8.32 Å². The van der Waals surface area contributed by atoms with Crippen molar-refractivity contribution < 1.29 is 4.43 Å². The topological polar surface area (TPSA) is 9.23 Å². The molecule has 0 fully saturated rings. The van der Waals surface area contributed by atoms with Gasteiger partial charge >= 0.3 is 0 Å². The Morgan fingerprint density at radius 1 is 1.14 bits per heavy atom. The minimum Gasteiger partial charge on any atom is -0.410 e. The van der Waals surface area contributed by atoms with E-state index in [0.717, 1.165) is 0 Å². The molecule has 0 spiro atoms. The molecule has 2 heteroatoms. The lowest BCUT2D eigenvalue weighted by atomic mass is 10.3. The van der Waals surface area contributed by atoms with Crippen LogP contribution >= 0.6 is 0 Å². The van der Waals surface area contributed by atoms with Crippen LogP contribution in [0, 0.1) is 5.92 Å². The smallest absolute Gasteiger partial charge is 0.219 e. The summed E-state index contributed by atoms with van der Waals surface area (Å²) in [5, 5.41) is 0. The van der Waals surface area contributed by atoms with Crippen LogP contribution in [0.1, 0.15) is 41.5 Å². The van der Waals surface area contributed by atoms with Gasteiger partial charge < -0.3 is 4.43 Å². The first-order chi connectivity index (χ1) is 6.34. The molecule has 0 radical (unpaired) electrons. The normalized spacial score (nSPS) is 16.4. The second kappa shape index (κ2) is 5.71. The lowest BCUT2D eigenvalue weighted by molar-refractivity contribution is 0.223. The third-order valence-corrected chi connectivity index (χ3v) is 7.52. The molecular weight excluding hydrogens is 188 g/mol. The van der Waals surface area contributed by atoms with Crippen molar-refractivity contribution in [1.82, 2.24) is 0 Å². The van der Waals surface area contributed by atoms with Gasteiger partial charge in [0.15, 0.2) is 0 Å². The van der Waals surface area contributed by atoms with Crippen molar-refractivity contribution in [2.45, 2.75) is 59.2 Å². The Morgan fingerprint density at radius 2 is 1.64 bits per heavy atom. The van der Waals surface area contributed by atoms with Gasteiger partial charge in [-0.2, -0.15) is 0 Å². The number of hydrogen-bond donors (Lipinski definition) is 0. The third kappa shape index (κ3) is 3.97. The Bertz CT molecular complexity index is 163. The maximum Gasteiger partial charge on any atom is 0.219 e. The highest BCUT2D eigenvalue weighted by Gasteiger charge is 2.36. The van der Waals surface area contributed by atoms with E-state index in [-0.39, 0.29) is 0 Å². The van der Waals surface area contributed by atoms with Crippen molar-refractivity contribution in [2.75, 3.05) is 0 Å². The zero-order valence-corrected chi connectivity index (χ0v) is 11.6. The van der Waals surface area contributed by atoms with E-state index in [1.165, 1.54) is 6.04 Å². The molecule has 0 saturated heterocycles. The third-order valence-electron chi connectivity index (χ3n) is 2.51. The first-order valence-electron chi connectivity index (χ1n) is 5.65. The van der Waals surface area contributed by atoms with Crippen LogP contribution in [-0.2, 0) is 4.43 Å². The standard InChI is InChI=1S/C12H26OSi/c1-8-14(12(6)7,9-10(2)3)13-11(4)5/h8,10-12H,1,9H2,2-7H3. The molecule has 1 unspecified atom stereocenters. The minimum atomic E-state index is -1.71. The average molecular weight is 214 g/mol. The van der Waals surface area contributed by atoms with Crippen molar-refractivity contribution in [3.8, 4) is 0 Å². The molecule has 0 amide bonds. The first kappa shape index (κ1) is 13.9. The van der Waals surface area contributed by atoms with Gasteiger partial charge in [-0.1, -0.05) is 33.4 Å². The quantitative estimate of drug-likeness (QED) is 0.604. The van der Waals surface area contributed by atoms with E-state index in [9.17, 15) is 0 Å². The van der Waals surface area contributed by atoms with E-state index in [4.69, 9.17) is 4.43 Å². The van der Waals surface area contributed by atoms with E-state index in [1.54, 1.807) is 0 Å². The molecule has 0 aromatic heterocycles. The highest BCUT2D eigenvalue weighted by molar-refractivity contribution is 6.79. The van der Waals surface area contributed by atoms with Gasteiger partial charge in [-0.15, -0.1) is 6.58 Å². The number of hydrogen-bond acceptors (Lipinski definition) is 1. The molecule has 0 rings (SSSR count). The predicted octanol–water partition coefficient (Wildman–Crippen LogP) is 4.15. The summed E-state index contributed by atoms with van der Waals surface area (Å²) in [5.41, 5.74) is 2.74. The van der Waals surface area contributed by atoms with Crippen molar-refractivity contribution in [3.63, 3.8) is 0 Å². The fourth-order valence-corrected chi connectivity index (χ4v) is 5.59. The molecule has 0 heterocycles. The van der Waals surface area contributed by atoms with Crippen LogP contribution in [0.3, 0.4) is 0 Å². The lowest BCUT2D eigenvalue weighted by Crippen LogP contribution is -2.43. The fraction of sp³-hybridized carbons (Fsp3) is 0.833. The molecular formula is C12H26OSi. The summed E-state index contributed by atoms with van der Waals surface area (Å²) < 4.78 is 6.18. The molecule has 0 saturated carbocycles. The van der Waals surface area contributed by atoms with Crippen LogP contribution < -0.4 is 0 Å². The SMILES string of the molecule is C=C[Si](CC(C)C)(OC(C)C)C(C)C. The van der Waals surface area contributed by atoms with E-state index in [2.05, 4.69) is 53.8 Å². The molecule has 0 bridgehead atoms. The van der Waals surface area contributed by atoms with E-state index in [1.807, 2.05) is 0 Å². The van der Waals surface area contributed by atoms with Gasteiger partial charge in [0.1, 0.15) is 0 Å². The van der Waals surface area contributed by atoms with E-state index >= 15 is 0 Å². The maximum absolute atomic E-state index is 6.18. The van der Waals surface area contributed by atoms with Crippen LogP contribution in [0.15, 0.2) is 12.3 Å².